The van der Waals surface area contributed by atoms with Crippen LogP contribution in [0.1, 0.15) is 57.4 Å². The van der Waals surface area contributed by atoms with Gasteiger partial charge in [0, 0.05) is 18.9 Å². The molecule has 1 saturated carbocycles. The summed E-state index contributed by atoms with van der Waals surface area (Å²) >= 11 is 0. The monoisotopic (exact) mass is 473 g/mol. The number of Topliss-reactive ketones (excluding diaryl/α,β-unsaturated/α-hetero) is 1. The van der Waals surface area contributed by atoms with Crippen LogP contribution in [-0.4, -0.2) is 56.1 Å². The van der Waals surface area contributed by atoms with E-state index in [1.54, 1.807) is 6.92 Å². The van der Waals surface area contributed by atoms with E-state index < -0.39 is 40.8 Å². The van der Waals surface area contributed by atoms with Gasteiger partial charge in [-0.25, -0.2) is 0 Å². The highest BCUT2D eigenvalue weighted by Crippen LogP contribution is 2.42. The Labute approximate surface area is 200 Å². The van der Waals surface area contributed by atoms with E-state index in [9.17, 15) is 19.2 Å². The fourth-order valence-corrected chi connectivity index (χ4v) is 5.53. The topological polar surface area (TPSA) is 108 Å². The Kier molecular flexibility index (Phi) is 8.47. The van der Waals surface area contributed by atoms with E-state index >= 15 is 0 Å². The van der Waals surface area contributed by atoms with Gasteiger partial charge in [-0.3, -0.25) is 24.5 Å². The van der Waals surface area contributed by atoms with Crippen molar-refractivity contribution in [1.29, 1.82) is 0 Å². The third-order valence-electron chi connectivity index (χ3n) is 7.28. The van der Waals surface area contributed by atoms with Crippen LogP contribution in [0.25, 0.3) is 0 Å². The molecule has 1 aromatic carbocycles. The summed E-state index contributed by atoms with van der Waals surface area (Å²) in [6.07, 6.45) is 3.44. The molecule has 0 amide bonds. The van der Waals surface area contributed by atoms with Crippen molar-refractivity contribution in [2.45, 2.75) is 69.9 Å². The van der Waals surface area contributed by atoms with Gasteiger partial charge in [-0.2, -0.15) is 0 Å². The molecule has 8 nitrogen and oxygen atoms in total. The quantitative estimate of drug-likeness (QED) is 0.331. The van der Waals surface area contributed by atoms with Crippen molar-refractivity contribution in [2.24, 2.45) is 11.3 Å². The van der Waals surface area contributed by atoms with Gasteiger partial charge in [0.25, 0.3) is 0 Å². The average Bonchev–Trinajstić information content (AvgIpc) is 3.22. The summed E-state index contributed by atoms with van der Waals surface area (Å²) in [5.74, 6) is -2.10. The first-order valence-electron chi connectivity index (χ1n) is 12.0. The van der Waals surface area contributed by atoms with Crippen LogP contribution < -0.4 is 5.32 Å². The third kappa shape index (κ3) is 5.17. The van der Waals surface area contributed by atoms with Gasteiger partial charge in [0.1, 0.15) is 16.7 Å². The van der Waals surface area contributed by atoms with E-state index in [1.807, 2.05) is 30.3 Å². The van der Waals surface area contributed by atoms with Crippen LogP contribution in [0.5, 0.6) is 0 Å². The lowest BCUT2D eigenvalue weighted by atomic mass is 9.69. The molecule has 4 atom stereocenters. The molecule has 186 valence electrons. The van der Waals surface area contributed by atoms with Crippen LogP contribution in [0.4, 0.5) is 0 Å². The average molecular weight is 474 g/mol. The highest BCUT2D eigenvalue weighted by molar-refractivity contribution is 6.04. The Morgan fingerprint density at radius 1 is 1.06 bits per heavy atom. The predicted octanol–water partition coefficient (Wildman–Crippen LogP) is 2.76. The number of carbonyl (C=O) groups is 4. The summed E-state index contributed by atoms with van der Waals surface area (Å²) in [6, 6.07) is 9.06. The fourth-order valence-electron chi connectivity index (χ4n) is 5.53. The lowest BCUT2D eigenvalue weighted by Crippen LogP contribution is -2.52. The number of methoxy groups -OCH3 is 2. The Morgan fingerprint density at radius 3 is 2.41 bits per heavy atom. The first kappa shape index (κ1) is 25.9. The van der Waals surface area contributed by atoms with Crippen LogP contribution in [-0.2, 0) is 39.8 Å². The van der Waals surface area contributed by atoms with Crippen LogP contribution in [0.3, 0.4) is 0 Å². The van der Waals surface area contributed by atoms with Crippen LogP contribution >= 0.6 is 0 Å². The molecule has 1 aliphatic heterocycles. The lowest BCUT2D eigenvalue weighted by molar-refractivity contribution is -0.163. The molecule has 2 fully saturated rings. The highest BCUT2D eigenvalue weighted by Gasteiger charge is 2.55. The number of carbonyl (C=O) groups excluding carboxylic acids is 4. The van der Waals surface area contributed by atoms with Gasteiger partial charge in [0.05, 0.1) is 26.7 Å². The highest BCUT2D eigenvalue weighted by atomic mass is 16.5. The summed E-state index contributed by atoms with van der Waals surface area (Å²) in [5.41, 5.74) is -1.39. The van der Waals surface area contributed by atoms with Crippen LogP contribution in [0.2, 0.25) is 0 Å². The van der Waals surface area contributed by atoms with E-state index in [2.05, 4.69) is 5.32 Å². The van der Waals surface area contributed by atoms with E-state index in [0.717, 1.165) is 18.4 Å². The first-order valence-corrected chi connectivity index (χ1v) is 12.0. The third-order valence-corrected chi connectivity index (χ3v) is 7.28. The zero-order valence-electron chi connectivity index (χ0n) is 20.3. The van der Waals surface area contributed by atoms with Gasteiger partial charge in [0.2, 0.25) is 0 Å². The Morgan fingerprint density at radius 2 is 1.79 bits per heavy atom. The molecule has 8 heteroatoms. The molecule has 34 heavy (non-hydrogen) atoms. The Bertz CT molecular complexity index is 902. The second-order valence-electron chi connectivity index (χ2n) is 9.29. The molecule has 1 heterocycles. The number of rotatable bonds is 9. The summed E-state index contributed by atoms with van der Waals surface area (Å²) in [6.45, 7) is 1.92. The second kappa shape index (κ2) is 11.1. The molecule has 2 aliphatic rings. The maximum Gasteiger partial charge on any atom is 0.326 e. The van der Waals surface area contributed by atoms with Gasteiger partial charge in [-0.15, -0.1) is 0 Å². The SMILES string of the molecule is CCOC(=O)C1(CC[C@@H]2N[C@](Cc3ccccc3)(C(=O)OC)C[C@@H]2C(=O)OC)CCCCC1=O. The van der Waals surface area contributed by atoms with Crippen molar-refractivity contribution in [3.8, 4) is 0 Å². The van der Waals surface area contributed by atoms with Crippen molar-refractivity contribution in [3.63, 3.8) is 0 Å². The molecule has 1 N–H and O–H groups in total. The van der Waals surface area contributed by atoms with Crippen molar-refractivity contribution in [1.82, 2.24) is 5.32 Å². The maximum absolute atomic E-state index is 13.0. The molecule has 1 aromatic rings. The van der Waals surface area contributed by atoms with E-state index in [4.69, 9.17) is 14.2 Å². The number of ketones is 1. The van der Waals surface area contributed by atoms with Gasteiger partial charge >= 0.3 is 17.9 Å². The van der Waals surface area contributed by atoms with Gasteiger partial charge in [0.15, 0.2) is 0 Å². The summed E-state index contributed by atoms with van der Waals surface area (Å²) in [7, 11) is 2.65. The van der Waals surface area contributed by atoms with Crippen molar-refractivity contribution >= 4 is 23.7 Å². The lowest BCUT2D eigenvalue weighted by Gasteiger charge is -2.35. The molecule has 3 rings (SSSR count). The van der Waals surface area contributed by atoms with Crippen LogP contribution in [0, 0.1) is 11.3 Å². The number of hydrogen-bond donors (Lipinski definition) is 1. The molecule has 0 spiro atoms. The Balaban J connectivity index is 1.88. The summed E-state index contributed by atoms with van der Waals surface area (Å²) in [5, 5.41) is 3.37. The Hall–Kier alpha value is -2.74. The summed E-state index contributed by atoms with van der Waals surface area (Å²) in [4.78, 5) is 51.6. The largest absolute Gasteiger partial charge is 0.469 e. The number of benzene rings is 1. The minimum atomic E-state index is -1.20. The molecule has 0 bridgehead atoms. The minimum absolute atomic E-state index is 0.103. The van der Waals surface area contributed by atoms with Crippen molar-refractivity contribution < 1.29 is 33.4 Å². The summed E-state index contributed by atoms with van der Waals surface area (Å²) < 4.78 is 15.5. The zero-order valence-corrected chi connectivity index (χ0v) is 20.3. The van der Waals surface area contributed by atoms with E-state index in [0.29, 0.717) is 25.7 Å². The minimum Gasteiger partial charge on any atom is -0.469 e. The first-order chi connectivity index (χ1) is 16.3. The number of hydrogen-bond acceptors (Lipinski definition) is 8. The molecule has 1 aliphatic carbocycles. The smallest absolute Gasteiger partial charge is 0.326 e. The van der Waals surface area contributed by atoms with Gasteiger partial charge in [-0.1, -0.05) is 36.8 Å². The van der Waals surface area contributed by atoms with Crippen LogP contribution in [0.15, 0.2) is 30.3 Å². The number of nitrogens with one attached hydrogen (secondary N) is 1. The molecule has 0 aromatic heterocycles. The van der Waals surface area contributed by atoms with Gasteiger partial charge in [-0.05, 0) is 44.6 Å². The number of ether oxygens (including phenoxy) is 3. The normalized spacial score (nSPS) is 28.9. The molecular weight excluding hydrogens is 438 g/mol. The fraction of sp³-hybridized carbons (Fsp3) is 0.615. The van der Waals surface area contributed by atoms with Gasteiger partial charge < -0.3 is 14.2 Å². The number of esters is 3. The van der Waals surface area contributed by atoms with E-state index in [1.165, 1.54) is 14.2 Å². The van der Waals surface area contributed by atoms with Crippen molar-refractivity contribution in [2.75, 3.05) is 20.8 Å². The molecule has 0 radical (unpaired) electrons. The second-order valence-corrected chi connectivity index (χ2v) is 9.29. The van der Waals surface area contributed by atoms with Crippen molar-refractivity contribution in [3.05, 3.63) is 35.9 Å². The standard InChI is InChI=1S/C26H35NO7/c1-4-34-23(30)25(14-9-8-12-21(25)28)15-13-20-19(22(29)32-2)17-26(27-20,24(31)33-3)16-18-10-6-5-7-11-18/h5-7,10-11,19-20,27H,4,8-9,12-17H2,1-3H3/t19-,20-,25?,26-/m0/s1. The molecular formula is C26H35NO7. The molecule has 1 unspecified atom stereocenters. The predicted molar refractivity (Wildman–Crippen MR) is 124 cm³/mol. The maximum atomic E-state index is 13.0. The molecule has 1 saturated heterocycles. The zero-order chi connectivity index (χ0) is 24.8. The van der Waals surface area contributed by atoms with E-state index in [-0.39, 0.29) is 25.2 Å².